The number of primary amides is 1. The van der Waals surface area contributed by atoms with Crippen LogP contribution in [0.4, 0.5) is 5.69 Å². The van der Waals surface area contributed by atoms with Crippen molar-refractivity contribution in [2.75, 3.05) is 11.4 Å². The molecule has 1 saturated heterocycles. The first-order chi connectivity index (χ1) is 21.5. The van der Waals surface area contributed by atoms with Crippen molar-refractivity contribution in [2.24, 2.45) is 5.73 Å². The van der Waals surface area contributed by atoms with Crippen LogP contribution in [0.25, 0.3) is 10.9 Å². The second kappa shape index (κ2) is 12.9. The summed E-state index contributed by atoms with van der Waals surface area (Å²) in [6, 6.07) is 32.3. The lowest BCUT2D eigenvalue weighted by molar-refractivity contribution is -0.124. The Morgan fingerprint density at radius 2 is 1.61 bits per heavy atom. The molecule has 4 N–H and O–H groups in total. The van der Waals surface area contributed by atoms with E-state index >= 15 is 0 Å². The highest BCUT2D eigenvalue weighted by atomic mass is 32.2. The summed E-state index contributed by atoms with van der Waals surface area (Å²) < 4.78 is 0. The molecule has 3 amide bonds. The highest BCUT2D eigenvalue weighted by Gasteiger charge is 2.42. The third-order valence-electron chi connectivity index (χ3n) is 7.53. The van der Waals surface area contributed by atoms with Crippen LogP contribution in [0.5, 0.6) is 0 Å². The molecule has 0 bridgehead atoms. The molecule has 2 heterocycles. The normalized spacial score (nSPS) is 16.0. The number of rotatable bonds is 8. The fraction of sp³-hybridized carbons (Fsp3) is 0.139. The number of nitrogens with zero attached hydrogens (tertiary/aromatic N) is 1. The number of hydrogen-bond acceptors (Lipinski definition) is 4. The fourth-order valence-corrected chi connectivity index (χ4v) is 6.74. The summed E-state index contributed by atoms with van der Waals surface area (Å²) in [6.07, 6.45) is 2.69. The lowest BCUT2D eigenvalue weighted by Crippen LogP contribution is -2.34. The molecule has 1 aromatic heterocycles. The second-order valence-electron chi connectivity index (χ2n) is 10.5. The van der Waals surface area contributed by atoms with Gasteiger partial charge in [-0.1, -0.05) is 66.4 Å². The molecule has 218 valence electrons. The van der Waals surface area contributed by atoms with E-state index in [-0.39, 0.29) is 18.2 Å². The first-order valence-corrected chi connectivity index (χ1v) is 15.3. The van der Waals surface area contributed by atoms with Crippen molar-refractivity contribution < 1.29 is 14.4 Å². The summed E-state index contributed by atoms with van der Waals surface area (Å²) >= 11 is 1.42. The predicted molar refractivity (Wildman–Crippen MR) is 175 cm³/mol. The lowest BCUT2D eigenvalue weighted by Gasteiger charge is -2.24. The smallest absolute Gasteiger partial charge is 0.248 e. The number of nitrogens with one attached hydrogen (secondary N) is 2. The van der Waals surface area contributed by atoms with E-state index < -0.39 is 16.5 Å². The largest absolute Gasteiger partial charge is 0.366 e. The number of thioether (sulfide) groups is 1. The Bertz CT molecular complexity index is 1890. The first-order valence-electron chi connectivity index (χ1n) is 14.3. The number of nitrogens with two attached hydrogens (primary N) is 1. The van der Waals surface area contributed by atoms with Crippen LogP contribution in [0.2, 0.25) is 0 Å². The number of carbonyl (C=O) groups is 3. The van der Waals surface area contributed by atoms with Crippen molar-refractivity contribution in [1.29, 1.82) is 0 Å². The van der Waals surface area contributed by atoms with Crippen LogP contribution in [0.3, 0.4) is 0 Å². The number of aromatic amines is 1. The summed E-state index contributed by atoms with van der Waals surface area (Å²) in [6.45, 7) is 0.464. The maximum atomic E-state index is 13.8. The molecule has 4 aromatic carbocycles. The molecule has 1 fully saturated rings. The predicted octanol–water partition coefficient (Wildman–Crippen LogP) is 5.56. The average Bonchev–Trinajstić information content (AvgIpc) is 3.61. The first kappa shape index (κ1) is 28.8. The van der Waals surface area contributed by atoms with Gasteiger partial charge in [0.15, 0.2) is 0 Å². The topological polar surface area (TPSA) is 108 Å². The average molecular weight is 599 g/mol. The lowest BCUT2D eigenvalue weighted by atomic mass is 10.1. The van der Waals surface area contributed by atoms with Crippen molar-refractivity contribution >= 4 is 46.1 Å². The molecule has 1 aliphatic rings. The molecule has 0 radical (unpaired) electrons. The van der Waals surface area contributed by atoms with Gasteiger partial charge >= 0.3 is 0 Å². The maximum absolute atomic E-state index is 13.8. The molecule has 0 aliphatic carbocycles. The number of fused-ring (bicyclic) bond motifs is 1. The van der Waals surface area contributed by atoms with Crippen LogP contribution < -0.4 is 16.0 Å². The fourth-order valence-electron chi connectivity index (χ4n) is 5.29. The third kappa shape index (κ3) is 6.38. The standard InChI is InChI=1S/C36H30N4O3S/c37-34(42)27-9-6-10-29(21-27)40-35(43)32(22-33(41)38-20-19-28-23-39-31-12-5-4-11-30(28)31)44-36(40)26-17-15-25(16-18-26)14-13-24-7-2-1-3-8-24/h1-12,15-18,21,23,32,36,39H,19-20,22H2,(H2,37,42)(H,38,41). The van der Waals surface area contributed by atoms with Crippen LogP contribution in [0.15, 0.2) is 109 Å². The van der Waals surface area contributed by atoms with Gasteiger partial charge in [-0.3, -0.25) is 19.3 Å². The Labute approximate surface area is 259 Å². The Morgan fingerprint density at radius 3 is 2.39 bits per heavy atom. The van der Waals surface area contributed by atoms with Crippen molar-refractivity contribution in [3.63, 3.8) is 0 Å². The second-order valence-corrected chi connectivity index (χ2v) is 11.8. The maximum Gasteiger partial charge on any atom is 0.248 e. The zero-order valence-electron chi connectivity index (χ0n) is 23.8. The molecule has 8 heteroatoms. The van der Waals surface area contributed by atoms with Crippen LogP contribution in [-0.4, -0.2) is 34.5 Å². The Kier molecular flexibility index (Phi) is 8.48. The number of aromatic nitrogens is 1. The molecule has 2 atom stereocenters. The van der Waals surface area contributed by atoms with Gasteiger partial charge in [-0.2, -0.15) is 0 Å². The van der Waals surface area contributed by atoms with Gasteiger partial charge in [-0.15, -0.1) is 11.8 Å². The zero-order valence-corrected chi connectivity index (χ0v) is 24.6. The molecule has 2 unspecified atom stereocenters. The summed E-state index contributed by atoms with van der Waals surface area (Å²) in [7, 11) is 0. The van der Waals surface area contributed by atoms with Crippen molar-refractivity contribution in [3.8, 4) is 11.8 Å². The van der Waals surface area contributed by atoms with Crippen LogP contribution >= 0.6 is 11.8 Å². The number of para-hydroxylation sites is 1. The van der Waals surface area contributed by atoms with Gasteiger partial charge in [-0.05, 0) is 66.1 Å². The monoisotopic (exact) mass is 598 g/mol. The van der Waals surface area contributed by atoms with Crippen LogP contribution in [0.1, 0.15) is 44.4 Å². The van der Waals surface area contributed by atoms with Gasteiger partial charge < -0.3 is 16.0 Å². The van der Waals surface area contributed by atoms with Crippen LogP contribution in [0, 0.1) is 11.8 Å². The van der Waals surface area contributed by atoms with Crippen molar-refractivity contribution in [2.45, 2.75) is 23.5 Å². The van der Waals surface area contributed by atoms with E-state index in [0.717, 1.165) is 33.2 Å². The molecule has 0 spiro atoms. The molecule has 7 nitrogen and oxygen atoms in total. The Balaban J connectivity index is 1.18. The van der Waals surface area contributed by atoms with Crippen molar-refractivity contribution in [1.82, 2.24) is 10.3 Å². The van der Waals surface area contributed by atoms with E-state index in [1.807, 2.05) is 79.0 Å². The molecule has 0 saturated carbocycles. The number of amides is 3. The number of hydrogen-bond donors (Lipinski definition) is 3. The molecule has 6 rings (SSSR count). The quantitative estimate of drug-likeness (QED) is 0.203. The highest BCUT2D eigenvalue weighted by molar-refractivity contribution is 8.01. The van der Waals surface area contributed by atoms with E-state index in [1.54, 1.807) is 29.2 Å². The summed E-state index contributed by atoms with van der Waals surface area (Å²) in [5.74, 6) is 5.39. The Hall–Kier alpha value is -5.26. The van der Waals surface area contributed by atoms with E-state index in [1.165, 1.54) is 11.8 Å². The molecular formula is C36H30N4O3S. The van der Waals surface area contributed by atoms with Crippen LogP contribution in [-0.2, 0) is 16.0 Å². The van der Waals surface area contributed by atoms with Gasteiger partial charge in [-0.25, -0.2) is 0 Å². The molecule has 1 aliphatic heterocycles. The zero-order chi connectivity index (χ0) is 30.5. The minimum Gasteiger partial charge on any atom is -0.366 e. The highest BCUT2D eigenvalue weighted by Crippen LogP contribution is 2.46. The number of benzene rings is 4. The third-order valence-corrected chi connectivity index (χ3v) is 8.97. The minimum absolute atomic E-state index is 0.0422. The van der Waals surface area contributed by atoms with Gasteiger partial charge in [0.2, 0.25) is 17.7 Å². The molecular weight excluding hydrogens is 568 g/mol. The summed E-state index contributed by atoms with van der Waals surface area (Å²) in [4.78, 5) is 43.7. The molecule has 44 heavy (non-hydrogen) atoms. The van der Waals surface area contributed by atoms with Gasteiger partial charge in [0.05, 0.1) is 5.25 Å². The molecule has 5 aromatic rings. The van der Waals surface area contributed by atoms with E-state index in [9.17, 15) is 14.4 Å². The summed E-state index contributed by atoms with van der Waals surface area (Å²) in [5, 5.41) is 3.13. The number of H-pyrrole nitrogens is 1. The van der Waals surface area contributed by atoms with Crippen molar-refractivity contribution in [3.05, 3.63) is 137 Å². The van der Waals surface area contributed by atoms with E-state index in [4.69, 9.17) is 5.73 Å². The Morgan fingerprint density at radius 1 is 0.886 bits per heavy atom. The number of anilines is 1. The van der Waals surface area contributed by atoms with Gasteiger partial charge in [0.25, 0.3) is 0 Å². The van der Waals surface area contributed by atoms with E-state index in [2.05, 4.69) is 28.2 Å². The minimum atomic E-state index is -0.595. The van der Waals surface area contributed by atoms with Gasteiger partial charge in [0, 0.05) is 52.4 Å². The SMILES string of the molecule is NC(=O)c1cccc(N2C(=O)C(CC(=O)NCCc3c[nH]c4ccccc34)SC2c2ccc(C#Cc3ccccc3)cc2)c1. The number of carbonyl (C=O) groups excluding carboxylic acids is 3. The van der Waals surface area contributed by atoms with E-state index in [0.29, 0.717) is 24.2 Å². The summed E-state index contributed by atoms with van der Waals surface area (Å²) in [5.41, 5.74) is 11.3. The van der Waals surface area contributed by atoms with Gasteiger partial charge in [0.1, 0.15) is 5.37 Å².